The molecule has 0 amide bonds. The Morgan fingerprint density at radius 2 is 2.00 bits per heavy atom. The maximum absolute atomic E-state index is 12.0. The Bertz CT molecular complexity index is 611. The molecular weight excluding hydrogens is 238 g/mol. The van der Waals surface area contributed by atoms with Gasteiger partial charge in [0.25, 0.3) is 0 Å². The summed E-state index contributed by atoms with van der Waals surface area (Å²) in [6.07, 6.45) is 1.86. The Labute approximate surface area is 113 Å². The molecule has 1 heterocycles. The van der Waals surface area contributed by atoms with Crippen molar-refractivity contribution in [3.05, 3.63) is 52.8 Å². The summed E-state index contributed by atoms with van der Waals surface area (Å²) in [7, 11) is 1.86. The van der Waals surface area contributed by atoms with Crippen molar-refractivity contribution in [1.82, 2.24) is 4.57 Å². The number of nitrogens with zero attached hydrogens (tertiary/aromatic N) is 1. The van der Waals surface area contributed by atoms with Crippen molar-refractivity contribution in [2.24, 2.45) is 7.05 Å². The number of aromatic nitrogens is 1. The van der Waals surface area contributed by atoms with Gasteiger partial charge in [0.15, 0.2) is 6.61 Å². The first-order valence-corrected chi connectivity index (χ1v) is 6.34. The number of hydrogen-bond donors (Lipinski definition) is 0. The standard InChI is InChI=1S/C16H19NO2/c1-11-8-12(2)13(3)16(9-11)19-10-15(18)14-6-5-7-17(14)4/h5-9H,10H2,1-4H3. The minimum atomic E-state index is -0.00828. The molecule has 0 saturated heterocycles. The van der Waals surface area contributed by atoms with E-state index in [0.29, 0.717) is 5.69 Å². The van der Waals surface area contributed by atoms with Crippen LogP contribution in [-0.4, -0.2) is 17.0 Å². The predicted molar refractivity (Wildman–Crippen MR) is 75.9 cm³/mol. The molecule has 2 aromatic rings. The van der Waals surface area contributed by atoms with E-state index in [1.54, 1.807) is 10.6 Å². The molecule has 100 valence electrons. The van der Waals surface area contributed by atoms with Gasteiger partial charge in [0.05, 0.1) is 5.69 Å². The zero-order valence-electron chi connectivity index (χ0n) is 11.9. The van der Waals surface area contributed by atoms with E-state index < -0.39 is 0 Å². The van der Waals surface area contributed by atoms with Crippen LogP contribution in [0.4, 0.5) is 0 Å². The highest BCUT2D eigenvalue weighted by molar-refractivity contribution is 5.95. The lowest BCUT2D eigenvalue weighted by Gasteiger charge is -2.12. The molecule has 0 fully saturated rings. The molecule has 0 aliphatic rings. The third-order valence-corrected chi connectivity index (χ3v) is 3.35. The average molecular weight is 257 g/mol. The lowest BCUT2D eigenvalue weighted by atomic mass is 10.1. The molecule has 2 rings (SSSR count). The van der Waals surface area contributed by atoms with Crippen LogP contribution in [0, 0.1) is 20.8 Å². The predicted octanol–water partition coefficient (Wildman–Crippen LogP) is 3.21. The van der Waals surface area contributed by atoms with Gasteiger partial charge < -0.3 is 9.30 Å². The van der Waals surface area contributed by atoms with Gasteiger partial charge in [0, 0.05) is 13.2 Å². The normalized spacial score (nSPS) is 10.5. The molecule has 0 saturated carbocycles. The van der Waals surface area contributed by atoms with Crippen molar-refractivity contribution in [2.75, 3.05) is 6.61 Å². The fourth-order valence-electron chi connectivity index (χ4n) is 2.12. The number of hydrogen-bond acceptors (Lipinski definition) is 2. The van der Waals surface area contributed by atoms with E-state index >= 15 is 0 Å². The van der Waals surface area contributed by atoms with Gasteiger partial charge in [-0.25, -0.2) is 0 Å². The zero-order valence-corrected chi connectivity index (χ0v) is 11.9. The second-order valence-electron chi connectivity index (χ2n) is 4.92. The highest BCUT2D eigenvalue weighted by atomic mass is 16.5. The molecule has 19 heavy (non-hydrogen) atoms. The zero-order chi connectivity index (χ0) is 14.0. The highest BCUT2D eigenvalue weighted by Gasteiger charge is 2.11. The van der Waals surface area contributed by atoms with E-state index in [1.165, 1.54) is 5.56 Å². The van der Waals surface area contributed by atoms with Crippen LogP contribution >= 0.6 is 0 Å². The summed E-state index contributed by atoms with van der Waals surface area (Å²) in [5.74, 6) is 0.783. The Hall–Kier alpha value is -2.03. The van der Waals surface area contributed by atoms with Crippen LogP contribution < -0.4 is 4.74 Å². The van der Waals surface area contributed by atoms with Crippen molar-refractivity contribution in [3.8, 4) is 5.75 Å². The van der Waals surface area contributed by atoms with Crippen molar-refractivity contribution in [1.29, 1.82) is 0 Å². The molecule has 0 bridgehead atoms. The van der Waals surface area contributed by atoms with E-state index in [-0.39, 0.29) is 12.4 Å². The highest BCUT2D eigenvalue weighted by Crippen LogP contribution is 2.23. The summed E-state index contributed by atoms with van der Waals surface area (Å²) in [6, 6.07) is 7.75. The number of carbonyl (C=O) groups excluding carboxylic acids is 1. The van der Waals surface area contributed by atoms with E-state index in [4.69, 9.17) is 4.74 Å². The van der Waals surface area contributed by atoms with Crippen LogP contribution in [0.5, 0.6) is 5.75 Å². The van der Waals surface area contributed by atoms with Gasteiger partial charge in [-0.15, -0.1) is 0 Å². The van der Waals surface area contributed by atoms with Gasteiger partial charge in [-0.2, -0.15) is 0 Å². The smallest absolute Gasteiger partial charge is 0.216 e. The average Bonchev–Trinajstić information content (AvgIpc) is 2.78. The fourth-order valence-corrected chi connectivity index (χ4v) is 2.12. The first kappa shape index (κ1) is 13.4. The summed E-state index contributed by atoms with van der Waals surface area (Å²) in [6.45, 7) is 6.16. The quantitative estimate of drug-likeness (QED) is 0.787. The number of Topliss-reactive ketones (excluding diaryl/α,β-unsaturated/α-hetero) is 1. The topological polar surface area (TPSA) is 31.2 Å². The van der Waals surface area contributed by atoms with Crippen LogP contribution in [0.25, 0.3) is 0 Å². The molecule has 1 aromatic heterocycles. The van der Waals surface area contributed by atoms with Crippen LogP contribution in [0.15, 0.2) is 30.5 Å². The van der Waals surface area contributed by atoms with E-state index in [0.717, 1.165) is 16.9 Å². The summed E-state index contributed by atoms with van der Waals surface area (Å²) < 4.78 is 7.48. The number of rotatable bonds is 4. The van der Waals surface area contributed by atoms with Crippen molar-refractivity contribution in [2.45, 2.75) is 20.8 Å². The van der Waals surface area contributed by atoms with Gasteiger partial charge in [0.2, 0.25) is 5.78 Å². The molecule has 0 aliphatic carbocycles. The summed E-state index contributed by atoms with van der Waals surface area (Å²) in [5, 5.41) is 0. The van der Waals surface area contributed by atoms with Crippen LogP contribution in [-0.2, 0) is 7.05 Å². The first-order valence-electron chi connectivity index (χ1n) is 6.34. The molecule has 0 spiro atoms. The molecule has 0 unspecified atom stereocenters. The van der Waals surface area contributed by atoms with Gasteiger partial charge in [0.1, 0.15) is 5.75 Å². The number of carbonyl (C=O) groups is 1. The number of benzene rings is 1. The maximum atomic E-state index is 12.0. The Balaban J connectivity index is 2.11. The summed E-state index contributed by atoms with van der Waals surface area (Å²) in [5.41, 5.74) is 4.08. The number of ketones is 1. The second kappa shape index (κ2) is 5.31. The minimum Gasteiger partial charge on any atom is -0.485 e. The van der Waals surface area contributed by atoms with Crippen LogP contribution in [0.3, 0.4) is 0 Å². The van der Waals surface area contributed by atoms with Gasteiger partial charge in [-0.3, -0.25) is 4.79 Å². The van der Waals surface area contributed by atoms with Gasteiger partial charge >= 0.3 is 0 Å². The molecular formula is C16H19NO2. The van der Waals surface area contributed by atoms with Crippen molar-refractivity contribution < 1.29 is 9.53 Å². The lowest BCUT2D eigenvalue weighted by molar-refractivity contribution is 0.0913. The van der Waals surface area contributed by atoms with E-state index in [2.05, 4.69) is 6.07 Å². The second-order valence-corrected chi connectivity index (χ2v) is 4.92. The van der Waals surface area contributed by atoms with Gasteiger partial charge in [-0.05, 0) is 55.7 Å². The summed E-state index contributed by atoms with van der Waals surface area (Å²) >= 11 is 0. The molecule has 0 N–H and O–H groups in total. The van der Waals surface area contributed by atoms with E-state index in [1.807, 2.05) is 46.1 Å². The molecule has 0 atom stereocenters. The van der Waals surface area contributed by atoms with Crippen LogP contribution in [0.1, 0.15) is 27.2 Å². The first-order chi connectivity index (χ1) is 8.99. The Morgan fingerprint density at radius 1 is 1.26 bits per heavy atom. The van der Waals surface area contributed by atoms with Crippen LogP contribution in [0.2, 0.25) is 0 Å². The molecule has 3 nitrogen and oxygen atoms in total. The number of aryl methyl sites for hydroxylation is 3. The van der Waals surface area contributed by atoms with Crippen molar-refractivity contribution >= 4 is 5.78 Å². The molecule has 3 heteroatoms. The number of ether oxygens (including phenoxy) is 1. The summed E-state index contributed by atoms with van der Waals surface area (Å²) in [4.78, 5) is 12.0. The van der Waals surface area contributed by atoms with Crippen molar-refractivity contribution in [3.63, 3.8) is 0 Å². The largest absolute Gasteiger partial charge is 0.485 e. The van der Waals surface area contributed by atoms with Gasteiger partial charge in [-0.1, -0.05) is 6.07 Å². The minimum absolute atomic E-state index is 0.00828. The third kappa shape index (κ3) is 2.87. The molecule has 1 aromatic carbocycles. The molecule has 0 aliphatic heterocycles. The monoisotopic (exact) mass is 257 g/mol. The lowest BCUT2D eigenvalue weighted by Crippen LogP contribution is -2.15. The SMILES string of the molecule is Cc1cc(C)c(C)c(OCC(=O)c2cccn2C)c1. The Kier molecular flexibility index (Phi) is 3.74. The molecule has 0 radical (unpaired) electrons. The van der Waals surface area contributed by atoms with E-state index in [9.17, 15) is 4.79 Å². The maximum Gasteiger partial charge on any atom is 0.216 e. The third-order valence-electron chi connectivity index (χ3n) is 3.35. The Morgan fingerprint density at radius 3 is 2.63 bits per heavy atom. The fraction of sp³-hybridized carbons (Fsp3) is 0.312.